The summed E-state index contributed by atoms with van der Waals surface area (Å²) in [7, 11) is 0. The third kappa shape index (κ3) is 6.15. The van der Waals surface area contributed by atoms with Crippen LogP contribution in [0.2, 0.25) is 0 Å². The molecule has 1 aromatic heterocycles. The molecule has 3 heterocycles. The van der Waals surface area contributed by atoms with Crippen molar-refractivity contribution < 1.29 is 19.5 Å². The monoisotopic (exact) mass is 624 g/mol. The molecule has 0 radical (unpaired) electrons. The maximum absolute atomic E-state index is 14.2. The summed E-state index contributed by atoms with van der Waals surface area (Å²) in [6, 6.07) is 20.0. The van der Waals surface area contributed by atoms with Crippen molar-refractivity contribution in [3.05, 3.63) is 112 Å². The number of rotatable bonds is 9. The fraction of sp³-hybridized carbons (Fsp3) is 0.242. The van der Waals surface area contributed by atoms with Gasteiger partial charge in [0.15, 0.2) is 0 Å². The predicted molar refractivity (Wildman–Crippen MR) is 171 cm³/mol. The summed E-state index contributed by atoms with van der Waals surface area (Å²) < 4.78 is 0.955. The van der Waals surface area contributed by atoms with Crippen molar-refractivity contribution in [3.63, 3.8) is 0 Å². The quantitative estimate of drug-likeness (QED) is 0.205. The molecule has 0 saturated carbocycles. The summed E-state index contributed by atoms with van der Waals surface area (Å²) in [5.74, 6) is -0.427. The highest BCUT2D eigenvalue weighted by Crippen LogP contribution is 2.34. The van der Waals surface area contributed by atoms with Crippen molar-refractivity contribution >= 4 is 45.0 Å². The molecule has 3 aromatic carbocycles. The number of urea groups is 1. The lowest BCUT2D eigenvalue weighted by Crippen LogP contribution is -2.76. The number of nitroso groups, excluding NO2 is 1. The molecule has 2 N–H and O–H groups in total. The zero-order valence-corrected chi connectivity index (χ0v) is 25.2. The van der Waals surface area contributed by atoms with Gasteiger partial charge >= 0.3 is 6.03 Å². The molecule has 2 saturated heterocycles. The molecular formula is C33H32N6O5S. The van der Waals surface area contributed by atoms with Crippen LogP contribution < -0.4 is 5.32 Å². The molecule has 2 aliphatic heterocycles. The van der Waals surface area contributed by atoms with Gasteiger partial charge in [0.25, 0.3) is 0 Å². The van der Waals surface area contributed by atoms with Crippen molar-refractivity contribution in [3.8, 4) is 5.75 Å². The lowest BCUT2D eigenvalue weighted by Gasteiger charge is -2.55. The Hall–Kier alpha value is -5.07. The molecule has 0 bridgehead atoms. The van der Waals surface area contributed by atoms with Crippen LogP contribution in [0.4, 0.5) is 10.5 Å². The number of nitrogens with one attached hydrogen (secondary N) is 1. The molecular weight excluding hydrogens is 592 g/mol. The van der Waals surface area contributed by atoms with Gasteiger partial charge in [-0.1, -0.05) is 48.5 Å². The fourth-order valence-corrected chi connectivity index (χ4v) is 6.94. The third-order valence-corrected chi connectivity index (χ3v) is 9.15. The van der Waals surface area contributed by atoms with E-state index in [1.54, 1.807) is 52.4 Å². The van der Waals surface area contributed by atoms with Gasteiger partial charge in [-0.05, 0) is 63.0 Å². The molecule has 2 atom stereocenters. The van der Waals surface area contributed by atoms with E-state index in [2.05, 4.69) is 17.1 Å². The van der Waals surface area contributed by atoms with E-state index in [1.807, 2.05) is 41.8 Å². The van der Waals surface area contributed by atoms with Gasteiger partial charge in [0.2, 0.25) is 11.8 Å². The fourth-order valence-electron chi connectivity index (χ4n) is 6.01. The molecule has 11 nitrogen and oxygen atoms in total. The van der Waals surface area contributed by atoms with Crippen molar-refractivity contribution in [2.75, 3.05) is 19.6 Å². The summed E-state index contributed by atoms with van der Waals surface area (Å²) in [5, 5.41) is 21.9. The number of hydrogen-bond donors (Lipinski definition) is 2. The van der Waals surface area contributed by atoms with E-state index < -0.39 is 18.2 Å². The highest BCUT2D eigenvalue weighted by Gasteiger charge is 2.51. The largest absolute Gasteiger partial charge is 0.508 e. The molecule has 230 valence electrons. The minimum absolute atomic E-state index is 0.0754. The Balaban J connectivity index is 1.37. The Kier molecular flexibility index (Phi) is 8.58. The van der Waals surface area contributed by atoms with Gasteiger partial charge < -0.3 is 20.2 Å². The number of carbonyl (C=O) groups is 3. The van der Waals surface area contributed by atoms with Crippen LogP contribution in [0, 0.1) is 4.91 Å². The summed E-state index contributed by atoms with van der Waals surface area (Å²) in [6.45, 7) is 4.56. The first kappa shape index (κ1) is 30.0. The Morgan fingerprint density at radius 2 is 1.84 bits per heavy atom. The molecule has 6 rings (SSSR count). The maximum Gasteiger partial charge on any atom is 0.334 e. The zero-order valence-electron chi connectivity index (χ0n) is 24.4. The van der Waals surface area contributed by atoms with Gasteiger partial charge in [0.05, 0.1) is 13.1 Å². The molecule has 2 fully saturated rings. The number of phenols is 1. The number of nitrogens with zero attached hydrogens (tertiary/aromatic N) is 5. The smallest absolute Gasteiger partial charge is 0.334 e. The van der Waals surface area contributed by atoms with Crippen molar-refractivity contribution in [2.45, 2.75) is 31.7 Å². The van der Waals surface area contributed by atoms with Crippen molar-refractivity contribution in [1.82, 2.24) is 25.1 Å². The number of phenolic OH excluding ortho intramolecular Hbond substituents is 1. The van der Waals surface area contributed by atoms with Crippen molar-refractivity contribution in [1.29, 1.82) is 0 Å². The lowest BCUT2D eigenvalue weighted by atomic mass is 9.98. The average molecular weight is 625 g/mol. The second-order valence-electron chi connectivity index (χ2n) is 11.0. The van der Waals surface area contributed by atoms with Gasteiger partial charge in [-0.2, -0.15) is 0 Å². The summed E-state index contributed by atoms with van der Waals surface area (Å²) in [6.07, 6.45) is 1.04. The number of hydrogen-bond acceptors (Lipinski definition) is 8. The third-order valence-electron chi connectivity index (χ3n) is 8.13. The van der Waals surface area contributed by atoms with E-state index in [-0.39, 0.29) is 56.7 Å². The highest BCUT2D eigenvalue weighted by molar-refractivity contribution is 7.17. The molecule has 4 aromatic rings. The Labute approximate surface area is 263 Å². The van der Waals surface area contributed by atoms with E-state index in [1.165, 1.54) is 21.2 Å². The van der Waals surface area contributed by atoms with E-state index in [4.69, 9.17) is 0 Å². The first-order valence-electron chi connectivity index (χ1n) is 14.5. The molecule has 4 amide bonds. The number of benzene rings is 3. The maximum atomic E-state index is 14.2. The molecule has 0 aliphatic carbocycles. The lowest BCUT2D eigenvalue weighted by molar-refractivity contribution is -0.189. The Morgan fingerprint density at radius 3 is 2.58 bits per heavy atom. The standard InChI is InChI=1S/C33H32N6O5S/c1-2-14-37-20-31(41)38-28(15-22-8-11-26(40)12-9-22)32(42)36(18-24-21-45-29-13-10-25(35-44)16-27(24)29)19-30(38)39(37)33(43)34-17-23-6-4-3-5-7-23/h2-13,16,21,28,30,40H,1,14-15,17-20H2,(H,34,43)/t28-,30-/m0/s1. The number of thiophene rings is 1. The second kappa shape index (κ2) is 12.9. The van der Waals surface area contributed by atoms with Crippen LogP contribution in [0.3, 0.4) is 0 Å². The minimum Gasteiger partial charge on any atom is -0.508 e. The van der Waals surface area contributed by atoms with Crippen LogP contribution in [0.25, 0.3) is 10.1 Å². The van der Waals surface area contributed by atoms with Gasteiger partial charge in [0, 0.05) is 30.8 Å². The highest BCUT2D eigenvalue weighted by atomic mass is 32.1. The average Bonchev–Trinajstić information content (AvgIpc) is 3.45. The number of amides is 4. The van der Waals surface area contributed by atoms with Crippen LogP contribution in [0.1, 0.15) is 16.7 Å². The first-order chi connectivity index (χ1) is 21.9. The van der Waals surface area contributed by atoms with Gasteiger partial charge in [-0.3, -0.25) is 9.59 Å². The van der Waals surface area contributed by atoms with Gasteiger partial charge in [-0.25, -0.2) is 14.8 Å². The van der Waals surface area contributed by atoms with Crippen LogP contribution >= 0.6 is 11.3 Å². The molecule has 0 spiro atoms. The van der Waals surface area contributed by atoms with Gasteiger partial charge in [-0.15, -0.1) is 22.8 Å². The number of carbonyl (C=O) groups excluding carboxylic acids is 3. The number of hydrazine groups is 1. The SMILES string of the molecule is C=CCN1CC(=O)N2[C@@H](Cc3ccc(O)cc3)C(=O)N(Cc3csc4ccc(N=O)cc34)C[C@@H]2N1C(=O)NCc1ccccc1. The summed E-state index contributed by atoms with van der Waals surface area (Å²) in [5.41, 5.74) is 2.82. The minimum atomic E-state index is -0.895. The van der Waals surface area contributed by atoms with E-state index in [0.29, 0.717) is 5.69 Å². The number of piperazine rings is 1. The van der Waals surface area contributed by atoms with Gasteiger partial charge in [0.1, 0.15) is 23.6 Å². The van der Waals surface area contributed by atoms with Crippen LogP contribution in [-0.2, 0) is 29.1 Å². The second-order valence-corrected chi connectivity index (χ2v) is 12.0. The Bertz CT molecular complexity index is 1740. The molecule has 2 aliphatic rings. The van der Waals surface area contributed by atoms with Crippen LogP contribution in [-0.4, -0.2) is 74.6 Å². The van der Waals surface area contributed by atoms with E-state index in [0.717, 1.165) is 26.8 Å². The first-order valence-corrected chi connectivity index (χ1v) is 15.4. The van der Waals surface area contributed by atoms with Crippen molar-refractivity contribution in [2.24, 2.45) is 5.18 Å². The molecule has 45 heavy (non-hydrogen) atoms. The Morgan fingerprint density at radius 1 is 1.07 bits per heavy atom. The molecule has 12 heteroatoms. The summed E-state index contributed by atoms with van der Waals surface area (Å²) >= 11 is 1.50. The predicted octanol–water partition coefficient (Wildman–Crippen LogP) is 4.74. The van der Waals surface area contributed by atoms with Crippen LogP contribution in [0.5, 0.6) is 5.75 Å². The molecule has 0 unspecified atom stereocenters. The number of fused-ring (bicyclic) bond motifs is 2. The topological polar surface area (TPSA) is 126 Å². The number of aromatic hydroxyl groups is 1. The normalized spacial score (nSPS) is 18.6. The van der Waals surface area contributed by atoms with E-state index in [9.17, 15) is 24.4 Å². The van der Waals surface area contributed by atoms with Crippen LogP contribution in [0.15, 0.2) is 96.0 Å². The summed E-state index contributed by atoms with van der Waals surface area (Å²) in [4.78, 5) is 56.4. The van der Waals surface area contributed by atoms with E-state index >= 15 is 0 Å². The zero-order chi connectivity index (χ0) is 31.5.